The highest BCUT2D eigenvalue weighted by Crippen LogP contribution is 2.33. The number of amides is 1. The van der Waals surface area contributed by atoms with E-state index in [2.05, 4.69) is 17.1 Å². The van der Waals surface area contributed by atoms with Crippen LogP contribution in [0.5, 0.6) is 0 Å². The van der Waals surface area contributed by atoms with Crippen LogP contribution in [-0.4, -0.2) is 37.0 Å². The van der Waals surface area contributed by atoms with Gasteiger partial charge in [-0.25, -0.2) is 0 Å². The first-order chi connectivity index (χ1) is 8.19. The molecule has 17 heavy (non-hydrogen) atoms. The van der Waals surface area contributed by atoms with E-state index in [0.29, 0.717) is 17.9 Å². The Morgan fingerprint density at radius 1 is 1.35 bits per heavy atom. The second-order valence-electron chi connectivity index (χ2n) is 5.96. The van der Waals surface area contributed by atoms with Gasteiger partial charge in [0.1, 0.15) is 0 Å². The third kappa shape index (κ3) is 3.44. The van der Waals surface area contributed by atoms with Crippen molar-refractivity contribution >= 4 is 5.91 Å². The Hall–Kier alpha value is -0.570. The molecule has 2 fully saturated rings. The molecule has 3 nitrogen and oxygen atoms in total. The maximum Gasteiger partial charge on any atom is 0.222 e. The minimum atomic E-state index is 0.393. The van der Waals surface area contributed by atoms with Crippen molar-refractivity contribution in [2.45, 2.75) is 51.5 Å². The van der Waals surface area contributed by atoms with Gasteiger partial charge in [-0.1, -0.05) is 13.3 Å². The second kappa shape index (κ2) is 5.85. The summed E-state index contributed by atoms with van der Waals surface area (Å²) in [4.78, 5) is 14.3. The Morgan fingerprint density at radius 3 is 2.82 bits per heavy atom. The van der Waals surface area contributed by atoms with Crippen molar-refractivity contribution in [3.63, 3.8) is 0 Å². The Kier molecular flexibility index (Phi) is 4.43. The second-order valence-corrected chi connectivity index (χ2v) is 5.96. The molecule has 1 N–H and O–H groups in total. The molecule has 1 saturated heterocycles. The topological polar surface area (TPSA) is 32.3 Å². The number of hydrogen-bond acceptors (Lipinski definition) is 2. The Bertz CT molecular complexity index is 267. The fourth-order valence-electron chi connectivity index (χ4n) is 3.33. The molecule has 1 saturated carbocycles. The number of hydrogen-bond donors (Lipinski definition) is 1. The van der Waals surface area contributed by atoms with Crippen molar-refractivity contribution in [1.82, 2.24) is 10.2 Å². The smallest absolute Gasteiger partial charge is 0.222 e. The maximum atomic E-state index is 12.2. The Morgan fingerprint density at radius 2 is 2.18 bits per heavy atom. The van der Waals surface area contributed by atoms with Crippen molar-refractivity contribution in [1.29, 1.82) is 0 Å². The largest absolute Gasteiger partial charge is 0.341 e. The summed E-state index contributed by atoms with van der Waals surface area (Å²) in [5, 5.41) is 3.30. The first kappa shape index (κ1) is 12.9. The monoisotopic (exact) mass is 238 g/mol. The van der Waals surface area contributed by atoms with E-state index in [4.69, 9.17) is 0 Å². The zero-order chi connectivity index (χ0) is 12.3. The van der Waals surface area contributed by atoms with Gasteiger partial charge >= 0.3 is 0 Å². The number of nitrogens with zero attached hydrogens (tertiary/aromatic N) is 1. The molecule has 98 valence electrons. The number of likely N-dealkylation sites (tertiary alicyclic amines) is 1. The minimum Gasteiger partial charge on any atom is -0.341 e. The van der Waals surface area contributed by atoms with Gasteiger partial charge in [-0.15, -0.1) is 0 Å². The van der Waals surface area contributed by atoms with Gasteiger partial charge in [0.15, 0.2) is 0 Å². The van der Waals surface area contributed by atoms with Gasteiger partial charge < -0.3 is 10.2 Å². The molecule has 2 rings (SSSR count). The average molecular weight is 238 g/mol. The van der Waals surface area contributed by atoms with E-state index in [1.54, 1.807) is 0 Å². The molecular weight excluding hydrogens is 212 g/mol. The molecule has 0 spiro atoms. The van der Waals surface area contributed by atoms with Crippen molar-refractivity contribution in [2.24, 2.45) is 11.8 Å². The maximum absolute atomic E-state index is 12.2. The SMILES string of the molecule is CNC1CCCN(C(=O)CC2CCC(C)C2)C1. The highest BCUT2D eigenvalue weighted by Gasteiger charge is 2.27. The van der Waals surface area contributed by atoms with Crippen LogP contribution in [-0.2, 0) is 4.79 Å². The summed E-state index contributed by atoms with van der Waals surface area (Å²) in [6.07, 6.45) is 6.99. The molecule has 0 aromatic heterocycles. The predicted octanol–water partition coefficient (Wildman–Crippen LogP) is 2.02. The van der Waals surface area contributed by atoms with Crippen LogP contribution in [0.4, 0.5) is 0 Å². The molecule has 2 aliphatic rings. The van der Waals surface area contributed by atoms with Gasteiger partial charge in [-0.2, -0.15) is 0 Å². The molecule has 1 amide bonds. The third-order valence-electron chi connectivity index (χ3n) is 4.45. The lowest BCUT2D eigenvalue weighted by Crippen LogP contribution is -2.47. The van der Waals surface area contributed by atoms with Crippen LogP contribution in [0.1, 0.15) is 45.4 Å². The van der Waals surface area contributed by atoms with Crippen molar-refractivity contribution in [3.05, 3.63) is 0 Å². The van der Waals surface area contributed by atoms with Crippen LogP contribution in [0, 0.1) is 11.8 Å². The van der Waals surface area contributed by atoms with E-state index in [1.165, 1.54) is 25.7 Å². The van der Waals surface area contributed by atoms with Crippen LogP contribution in [0.25, 0.3) is 0 Å². The molecular formula is C14H26N2O. The van der Waals surface area contributed by atoms with Crippen LogP contribution in [0.2, 0.25) is 0 Å². The third-order valence-corrected chi connectivity index (χ3v) is 4.45. The van der Waals surface area contributed by atoms with Gasteiger partial charge in [-0.3, -0.25) is 4.79 Å². The molecule has 3 atom stereocenters. The Balaban J connectivity index is 1.79. The lowest BCUT2D eigenvalue weighted by Gasteiger charge is -2.33. The first-order valence-corrected chi connectivity index (χ1v) is 7.14. The normalized spacial score (nSPS) is 34.0. The zero-order valence-corrected chi connectivity index (χ0v) is 11.2. The molecule has 3 heteroatoms. The molecule has 1 aliphatic carbocycles. The predicted molar refractivity (Wildman–Crippen MR) is 69.8 cm³/mol. The summed E-state index contributed by atoms with van der Waals surface area (Å²) in [5.74, 6) is 1.88. The molecule has 0 bridgehead atoms. The van der Waals surface area contributed by atoms with E-state index in [9.17, 15) is 4.79 Å². The molecule has 0 aromatic carbocycles. The zero-order valence-electron chi connectivity index (χ0n) is 11.2. The highest BCUT2D eigenvalue weighted by molar-refractivity contribution is 5.76. The summed E-state index contributed by atoms with van der Waals surface area (Å²) in [7, 11) is 2.00. The van der Waals surface area contributed by atoms with E-state index in [0.717, 1.165) is 31.8 Å². The number of rotatable bonds is 3. The van der Waals surface area contributed by atoms with Gasteiger partial charge in [0, 0.05) is 25.6 Å². The summed E-state index contributed by atoms with van der Waals surface area (Å²) in [6, 6.07) is 0.509. The van der Waals surface area contributed by atoms with Gasteiger partial charge in [0.2, 0.25) is 5.91 Å². The van der Waals surface area contributed by atoms with E-state index in [1.807, 2.05) is 7.05 Å². The standard InChI is InChI=1S/C14H26N2O/c1-11-5-6-12(8-11)9-14(17)16-7-3-4-13(10-16)15-2/h11-13,15H,3-10H2,1-2H3. The van der Waals surface area contributed by atoms with E-state index < -0.39 is 0 Å². The lowest BCUT2D eigenvalue weighted by atomic mass is 10.00. The van der Waals surface area contributed by atoms with Crippen molar-refractivity contribution < 1.29 is 4.79 Å². The Labute approximate surface area is 105 Å². The number of likely N-dealkylation sites (N-methyl/N-ethyl adjacent to an activating group) is 1. The summed E-state index contributed by atoms with van der Waals surface area (Å²) in [5.41, 5.74) is 0. The van der Waals surface area contributed by atoms with Crippen LogP contribution in [0.15, 0.2) is 0 Å². The number of piperidine rings is 1. The molecule has 0 radical (unpaired) electrons. The van der Waals surface area contributed by atoms with Crippen LogP contribution < -0.4 is 5.32 Å². The van der Waals surface area contributed by atoms with E-state index >= 15 is 0 Å². The van der Waals surface area contributed by atoms with Crippen molar-refractivity contribution in [2.75, 3.05) is 20.1 Å². The van der Waals surface area contributed by atoms with Gasteiger partial charge in [-0.05, 0) is 44.6 Å². The summed E-state index contributed by atoms with van der Waals surface area (Å²) in [6.45, 7) is 4.19. The molecule has 3 unspecified atom stereocenters. The molecule has 1 heterocycles. The van der Waals surface area contributed by atoms with Crippen LogP contribution >= 0.6 is 0 Å². The summed E-state index contributed by atoms with van der Waals surface area (Å²) >= 11 is 0. The molecule has 1 aliphatic heterocycles. The quantitative estimate of drug-likeness (QED) is 0.816. The summed E-state index contributed by atoms with van der Waals surface area (Å²) < 4.78 is 0. The van der Waals surface area contributed by atoms with Crippen LogP contribution in [0.3, 0.4) is 0 Å². The van der Waals surface area contributed by atoms with Gasteiger partial charge in [0.25, 0.3) is 0 Å². The highest BCUT2D eigenvalue weighted by atomic mass is 16.2. The van der Waals surface area contributed by atoms with E-state index in [-0.39, 0.29) is 0 Å². The fourth-order valence-corrected chi connectivity index (χ4v) is 3.33. The van der Waals surface area contributed by atoms with Gasteiger partial charge in [0.05, 0.1) is 0 Å². The number of carbonyl (C=O) groups is 1. The lowest BCUT2D eigenvalue weighted by molar-refractivity contribution is -0.133. The minimum absolute atomic E-state index is 0.393. The van der Waals surface area contributed by atoms with Crippen molar-refractivity contribution in [3.8, 4) is 0 Å². The average Bonchev–Trinajstić information content (AvgIpc) is 2.75. The fraction of sp³-hybridized carbons (Fsp3) is 0.929. The number of carbonyl (C=O) groups excluding carboxylic acids is 1. The number of nitrogens with one attached hydrogen (secondary N) is 1. The first-order valence-electron chi connectivity index (χ1n) is 7.14. The molecule has 0 aromatic rings.